The molecule has 26 heavy (non-hydrogen) atoms. The van der Waals surface area contributed by atoms with Gasteiger partial charge in [0.15, 0.2) is 0 Å². The van der Waals surface area contributed by atoms with Crippen LogP contribution in [0.5, 0.6) is 5.75 Å². The molecule has 1 aliphatic rings. The quantitative estimate of drug-likeness (QED) is 0.730. The summed E-state index contributed by atoms with van der Waals surface area (Å²) >= 11 is 3.35. The number of sulfonamides is 1. The van der Waals surface area contributed by atoms with Gasteiger partial charge in [-0.15, -0.1) is 0 Å². The molecule has 1 fully saturated rings. The van der Waals surface area contributed by atoms with Crippen LogP contribution in [0.4, 0.5) is 5.69 Å². The predicted molar refractivity (Wildman–Crippen MR) is 107 cm³/mol. The van der Waals surface area contributed by atoms with E-state index in [0.29, 0.717) is 29.9 Å². The first-order valence-corrected chi connectivity index (χ1v) is 10.7. The maximum absolute atomic E-state index is 13.2. The number of ether oxygens (including phenoxy) is 1. The Morgan fingerprint density at radius 1 is 1.15 bits per heavy atom. The Labute approximate surface area is 163 Å². The van der Waals surface area contributed by atoms with Gasteiger partial charge in [0, 0.05) is 35.8 Å². The van der Waals surface area contributed by atoms with Gasteiger partial charge in [-0.1, -0.05) is 28.1 Å². The molecule has 7 heteroatoms. The topological polar surface area (TPSA) is 49.9 Å². The molecule has 2 aromatic carbocycles. The first-order valence-electron chi connectivity index (χ1n) is 8.50. The zero-order valence-corrected chi connectivity index (χ0v) is 17.5. The van der Waals surface area contributed by atoms with Gasteiger partial charge < -0.3 is 9.64 Å². The van der Waals surface area contributed by atoms with Gasteiger partial charge in [0.05, 0.1) is 7.11 Å². The Bertz CT molecular complexity index is 901. The van der Waals surface area contributed by atoms with Crippen LogP contribution in [0.3, 0.4) is 0 Å². The van der Waals surface area contributed by atoms with Gasteiger partial charge in [0.25, 0.3) is 0 Å². The summed E-state index contributed by atoms with van der Waals surface area (Å²) in [6, 6.07) is 13.4. The minimum Gasteiger partial charge on any atom is -0.495 e. The molecule has 0 saturated carbocycles. The lowest BCUT2D eigenvalue weighted by Crippen LogP contribution is -2.53. The average molecular weight is 439 g/mol. The number of nitrogens with zero attached hydrogens (tertiary/aromatic N) is 2. The predicted octanol–water partition coefficient (Wildman–Crippen LogP) is 3.67. The molecule has 0 amide bonds. The minimum absolute atomic E-state index is 0.0819. The second-order valence-corrected chi connectivity index (χ2v) is 9.36. The normalized spacial score (nSPS) is 18.8. The van der Waals surface area contributed by atoms with E-state index in [1.165, 1.54) is 12.7 Å². The van der Waals surface area contributed by atoms with Gasteiger partial charge in [-0.2, -0.15) is 4.31 Å². The van der Waals surface area contributed by atoms with Crippen molar-refractivity contribution in [2.24, 2.45) is 0 Å². The molecule has 5 nitrogen and oxygen atoms in total. The van der Waals surface area contributed by atoms with E-state index in [4.69, 9.17) is 4.74 Å². The van der Waals surface area contributed by atoms with Crippen LogP contribution in [0.2, 0.25) is 0 Å². The number of anilines is 1. The molecule has 1 aliphatic heterocycles. The van der Waals surface area contributed by atoms with Crippen molar-refractivity contribution in [3.05, 3.63) is 52.5 Å². The van der Waals surface area contributed by atoms with E-state index < -0.39 is 10.0 Å². The maximum Gasteiger partial charge on any atom is 0.246 e. The second kappa shape index (κ2) is 7.58. The summed E-state index contributed by atoms with van der Waals surface area (Å²) in [5, 5.41) is 0. The molecule has 0 N–H and O–H groups in total. The number of hydrogen-bond donors (Lipinski definition) is 0. The molecule has 1 atom stereocenters. The molecule has 0 spiro atoms. The molecule has 0 bridgehead atoms. The maximum atomic E-state index is 13.2. The largest absolute Gasteiger partial charge is 0.495 e. The Morgan fingerprint density at radius 3 is 2.58 bits per heavy atom. The Hall–Kier alpha value is -1.57. The van der Waals surface area contributed by atoms with Crippen molar-refractivity contribution >= 4 is 31.6 Å². The molecule has 1 heterocycles. The lowest BCUT2D eigenvalue weighted by molar-refractivity contribution is 0.339. The summed E-state index contributed by atoms with van der Waals surface area (Å²) in [7, 11) is -2.14. The fourth-order valence-electron chi connectivity index (χ4n) is 3.32. The number of rotatable bonds is 4. The lowest BCUT2D eigenvalue weighted by atomic mass is 10.1. The third-order valence-electron chi connectivity index (χ3n) is 4.67. The summed E-state index contributed by atoms with van der Waals surface area (Å²) in [5.74, 6) is 0.363. The minimum atomic E-state index is -3.62. The summed E-state index contributed by atoms with van der Waals surface area (Å²) in [6.45, 7) is 5.65. The van der Waals surface area contributed by atoms with Gasteiger partial charge in [-0.05, 0) is 49.7 Å². The number of methoxy groups -OCH3 is 1. The van der Waals surface area contributed by atoms with E-state index in [0.717, 1.165) is 5.69 Å². The number of piperazine rings is 1. The third kappa shape index (κ3) is 3.75. The van der Waals surface area contributed by atoms with E-state index >= 15 is 0 Å². The van der Waals surface area contributed by atoms with Crippen molar-refractivity contribution in [1.82, 2.24) is 4.31 Å². The highest BCUT2D eigenvalue weighted by atomic mass is 79.9. The van der Waals surface area contributed by atoms with Crippen LogP contribution >= 0.6 is 15.9 Å². The standard InChI is InChI=1S/C19H23BrN2O3S/c1-14-5-4-6-17(11-14)22-10-9-21(13-15(22)2)26(23,24)19-12-16(20)7-8-18(19)25-3/h4-8,11-12,15H,9-10,13H2,1-3H3. The molecular formula is C19H23BrN2O3S. The zero-order valence-electron chi connectivity index (χ0n) is 15.1. The summed E-state index contributed by atoms with van der Waals surface area (Å²) in [4.78, 5) is 2.46. The van der Waals surface area contributed by atoms with E-state index in [-0.39, 0.29) is 10.9 Å². The Kier molecular flexibility index (Phi) is 5.60. The van der Waals surface area contributed by atoms with Crippen LogP contribution in [-0.4, -0.2) is 45.5 Å². The van der Waals surface area contributed by atoms with Crippen LogP contribution in [-0.2, 0) is 10.0 Å². The smallest absolute Gasteiger partial charge is 0.246 e. The SMILES string of the molecule is COc1ccc(Br)cc1S(=O)(=O)N1CCN(c2cccc(C)c2)C(C)C1. The third-order valence-corrected chi connectivity index (χ3v) is 7.05. The lowest BCUT2D eigenvalue weighted by Gasteiger charge is -2.40. The molecule has 1 unspecified atom stereocenters. The van der Waals surface area contributed by atoms with Crippen molar-refractivity contribution in [2.75, 3.05) is 31.6 Å². The van der Waals surface area contributed by atoms with Crippen LogP contribution in [0.1, 0.15) is 12.5 Å². The number of benzene rings is 2. The van der Waals surface area contributed by atoms with Gasteiger partial charge >= 0.3 is 0 Å². The van der Waals surface area contributed by atoms with E-state index in [9.17, 15) is 8.42 Å². The average Bonchev–Trinajstić information content (AvgIpc) is 2.61. The van der Waals surface area contributed by atoms with Crippen LogP contribution < -0.4 is 9.64 Å². The molecular weight excluding hydrogens is 416 g/mol. The van der Waals surface area contributed by atoms with Gasteiger partial charge in [-0.3, -0.25) is 0 Å². The van der Waals surface area contributed by atoms with Crippen molar-refractivity contribution in [1.29, 1.82) is 0 Å². The Morgan fingerprint density at radius 2 is 1.92 bits per heavy atom. The molecule has 0 aromatic heterocycles. The van der Waals surface area contributed by atoms with Gasteiger partial charge in [0.2, 0.25) is 10.0 Å². The van der Waals surface area contributed by atoms with Crippen molar-refractivity contribution in [3.8, 4) is 5.75 Å². The van der Waals surface area contributed by atoms with Crippen LogP contribution in [0.25, 0.3) is 0 Å². The van der Waals surface area contributed by atoms with Crippen molar-refractivity contribution in [3.63, 3.8) is 0 Å². The molecule has 3 rings (SSSR count). The fraction of sp³-hybridized carbons (Fsp3) is 0.368. The molecule has 0 aliphatic carbocycles. The molecule has 1 saturated heterocycles. The first-order chi connectivity index (χ1) is 12.3. The van der Waals surface area contributed by atoms with E-state index in [2.05, 4.69) is 52.9 Å². The van der Waals surface area contributed by atoms with Gasteiger partial charge in [-0.25, -0.2) is 8.42 Å². The van der Waals surface area contributed by atoms with Crippen LogP contribution in [0, 0.1) is 6.92 Å². The van der Waals surface area contributed by atoms with Crippen molar-refractivity contribution in [2.45, 2.75) is 24.8 Å². The summed E-state index contributed by atoms with van der Waals surface area (Å²) < 4.78 is 33.9. The second-order valence-electron chi connectivity index (χ2n) is 6.54. The highest BCUT2D eigenvalue weighted by Gasteiger charge is 2.34. The number of aryl methyl sites for hydroxylation is 1. The van der Waals surface area contributed by atoms with Gasteiger partial charge in [0.1, 0.15) is 10.6 Å². The fourth-order valence-corrected chi connectivity index (χ4v) is 5.53. The molecule has 0 radical (unpaired) electrons. The molecule has 2 aromatic rings. The highest BCUT2D eigenvalue weighted by molar-refractivity contribution is 9.10. The number of hydrogen-bond acceptors (Lipinski definition) is 4. The first kappa shape index (κ1) is 19.2. The van der Waals surface area contributed by atoms with E-state index in [1.807, 2.05) is 6.07 Å². The highest BCUT2D eigenvalue weighted by Crippen LogP contribution is 2.31. The van der Waals surface area contributed by atoms with Crippen molar-refractivity contribution < 1.29 is 13.2 Å². The Balaban J connectivity index is 1.85. The number of halogens is 1. The molecule has 140 valence electrons. The monoisotopic (exact) mass is 438 g/mol. The summed E-state index contributed by atoms with van der Waals surface area (Å²) in [6.07, 6.45) is 0. The van der Waals surface area contributed by atoms with E-state index in [1.54, 1.807) is 22.5 Å². The zero-order chi connectivity index (χ0) is 18.9. The summed E-state index contributed by atoms with van der Waals surface area (Å²) in [5.41, 5.74) is 2.33. The van der Waals surface area contributed by atoms with Crippen LogP contribution in [0.15, 0.2) is 51.8 Å².